The number of rotatable bonds is 7. The molecule has 0 bridgehead atoms. The Bertz CT molecular complexity index is 1260. The van der Waals surface area contributed by atoms with Gasteiger partial charge in [0.15, 0.2) is 0 Å². The van der Waals surface area contributed by atoms with Crippen LogP contribution in [0.15, 0.2) is 66.7 Å². The number of phenolic OH excluding ortho intramolecular Hbond substituents is 1. The minimum Gasteiger partial charge on any atom is -0.505 e. The monoisotopic (exact) mass is 459 g/mol. The molecule has 176 valence electrons. The number of nitrogens with zero attached hydrogens (tertiary/aromatic N) is 3. The fourth-order valence-corrected chi connectivity index (χ4v) is 3.78. The Balaban J connectivity index is 1.52. The number of fused-ring (bicyclic) bond motifs is 1. The average Bonchev–Trinajstić information content (AvgIpc) is 3.25. The molecule has 0 fully saturated rings. The van der Waals surface area contributed by atoms with Crippen LogP contribution in [0.2, 0.25) is 0 Å². The van der Waals surface area contributed by atoms with Gasteiger partial charge < -0.3 is 14.9 Å². The van der Waals surface area contributed by atoms with Crippen LogP contribution in [-0.2, 0) is 21.4 Å². The molecule has 3 aromatic carbocycles. The second-order valence-corrected chi connectivity index (χ2v) is 9.35. The molecule has 0 aliphatic rings. The van der Waals surface area contributed by atoms with E-state index in [-0.39, 0.29) is 24.2 Å². The number of carbonyl (C=O) groups excluding carboxylic acids is 1. The zero-order valence-electron chi connectivity index (χ0n) is 19.6. The summed E-state index contributed by atoms with van der Waals surface area (Å²) < 4.78 is 5.29. The zero-order chi connectivity index (χ0) is 24.3. The molecule has 1 atom stereocenters. The van der Waals surface area contributed by atoms with Gasteiger partial charge in [0.25, 0.3) is 0 Å². The van der Waals surface area contributed by atoms with Crippen LogP contribution in [0.1, 0.15) is 50.0 Å². The summed E-state index contributed by atoms with van der Waals surface area (Å²) in [6.07, 6.45) is -0.306. The second-order valence-electron chi connectivity index (χ2n) is 9.35. The minimum atomic E-state index is -0.863. The topological polar surface area (TPSA) is 97.5 Å². The molecule has 0 aliphatic carbocycles. The highest BCUT2D eigenvalue weighted by Gasteiger charge is 2.23. The highest BCUT2D eigenvalue weighted by Crippen LogP contribution is 2.36. The number of aromatic hydroxyl groups is 1. The van der Waals surface area contributed by atoms with Crippen molar-refractivity contribution in [1.82, 2.24) is 15.0 Å². The smallest absolute Gasteiger partial charge is 0.306 e. The third-order valence-electron chi connectivity index (χ3n) is 5.66. The number of phenols is 1. The van der Waals surface area contributed by atoms with Crippen molar-refractivity contribution in [2.24, 2.45) is 0 Å². The van der Waals surface area contributed by atoms with Crippen molar-refractivity contribution in [3.63, 3.8) is 0 Å². The van der Waals surface area contributed by atoms with Gasteiger partial charge in [-0.2, -0.15) is 0 Å². The SMILES string of the molecule is CC(C)(C)c1cc(CCC(=O)OCC(O)c2ccccc2)cc(-n2nc3ccccc3n2)c1O. The molecule has 0 spiro atoms. The number of aryl methyl sites for hydroxylation is 1. The third-order valence-corrected chi connectivity index (χ3v) is 5.66. The van der Waals surface area contributed by atoms with E-state index < -0.39 is 12.1 Å². The standard InChI is InChI=1S/C27H29N3O4/c1-27(2,3)20-15-18(13-14-25(32)34-17-24(31)19-9-5-4-6-10-19)16-23(26(20)33)30-28-21-11-7-8-12-22(21)29-30/h4-12,15-16,24,31,33H,13-14,17H2,1-3H3. The molecular weight excluding hydrogens is 430 g/mol. The maximum Gasteiger partial charge on any atom is 0.306 e. The van der Waals surface area contributed by atoms with Crippen molar-refractivity contribution in [1.29, 1.82) is 0 Å². The molecule has 0 saturated carbocycles. The fraction of sp³-hybridized carbons (Fsp3) is 0.296. The van der Waals surface area contributed by atoms with Crippen molar-refractivity contribution in [2.45, 2.75) is 45.1 Å². The van der Waals surface area contributed by atoms with Crippen LogP contribution in [0.3, 0.4) is 0 Å². The lowest BCUT2D eigenvalue weighted by molar-refractivity contribution is -0.146. The molecule has 34 heavy (non-hydrogen) atoms. The molecular formula is C27H29N3O4. The lowest BCUT2D eigenvalue weighted by atomic mass is 9.84. The van der Waals surface area contributed by atoms with Crippen LogP contribution in [-0.4, -0.2) is 37.8 Å². The first-order valence-electron chi connectivity index (χ1n) is 11.3. The summed E-state index contributed by atoms with van der Waals surface area (Å²) in [5, 5.41) is 30.3. The number of esters is 1. The van der Waals surface area contributed by atoms with E-state index in [9.17, 15) is 15.0 Å². The number of aliphatic hydroxyl groups is 1. The van der Waals surface area contributed by atoms with Crippen molar-refractivity contribution in [3.8, 4) is 11.4 Å². The van der Waals surface area contributed by atoms with Gasteiger partial charge in [-0.15, -0.1) is 15.0 Å². The number of aliphatic hydroxyl groups excluding tert-OH is 1. The number of hydrogen-bond acceptors (Lipinski definition) is 6. The van der Waals surface area contributed by atoms with Crippen molar-refractivity contribution in [2.75, 3.05) is 6.61 Å². The van der Waals surface area contributed by atoms with Crippen LogP contribution in [0.25, 0.3) is 16.7 Å². The molecule has 0 aliphatic heterocycles. The second kappa shape index (κ2) is 9.65. The molecule has 0 saturated heterocycles. The molecule has 0 radical (unpaired) electrons. The highest BCUT2D eigenvalue weighted by atomic mass is 16.5. The molecule has 4 rings (SSSR count). The Morgan fingerprint density at radius 1 is 1.00 bits per heavy atom. The first-order chi connectivity index (χ1) is 16.2. The van der Waals surface area contributed by atoms with E-state index in [2.05, 4.69) is 10.2 Å². The predicted octanol–water partition coefficient (Wildman–Crippen LogP) is 4.63. The molecule has 1 heterocycles. The van der Waals surface area contributed by atoms with Crippen molar-refractivity contribution >= 4 is 17.0 Å². The molecule has 1 aromatic heterocycles. The Morgan fingerprint density at radius 2 is 1.62 bits per heavy atom. The quantitative estimate of drug-likeness (QED) is 0.391. The van der Waals surface area contributed by atoms with Crippen LogP contribution in [0.4, 0.5) is 0 Å². The fourth-order valence-electron chi connectivity index (χ4n) is 3.78. The Kier molecular flexibility index (Phi) is 6.65. The number of benzene rings is 3. The van der Waals surface area contributed by atoms with E-state index in [4.69, 9.17) is 4.74 Å². The maximum absolute atomic E-state index is 12.4. The summed E-state index contributed by atoms with van der Waals surface area (Å²) in [4.78, 5) is 13.8. The van der Waals surface area contributed by atoms with E-state index in [1.54, 1.807) is 18.2 Å². The van der Waals surface area contributed by atoms with Gasteiger partial charge in [0.05, 0.1) is 0 Å². The minimum absolute atomic E-state index is 0.0965. The molecule has 1 unspecified atom stereocenters. The predicted molar refractivity (Wildman–Crippen MR) is 130 cm³/mol. The first-order valence-corrected chi connectivity index (χ1v) is 11.3. The summed E-state index contributed by atoms with van der Waals surface area (Å²) in [6, 6.07) is 20.3. The van der Waals surface area contributed by atoms with Gasteiger partial charge in [0, 0.05) is 12.0 Å². The van der Waals surface area contributed by atoms with E-state index in [0.29, 0.717) is 17.7 Å². The van der Waals surface area contributed by atoms with Gasteiger partial charge in [-0.1, -0.05) is 69.3 Å². The van der Waals surface area contributed by atoms with Crippen LogP contribution >= 0.6 is 0 Å². The van der Waals surface area contributed by atoms with Crippen molar-refractivity contribution < 1.29 is 19.7 Å². The average molecular weight is 460 g/mol. The summed E-state index contributed by atoms with van der Waals surface area (Å²) in [5.41, 5.74) is 3.89. The van der Waals surface area contributed by atoms with E-state index in [0.717, 1.165) is 22.2 Å². The lowest BCUT2D eigenvalue weighted by Gasteiger charge is -2.23. The normalized spacial score (nSPS) is 12.6. The maximum atomic E-state index is 12.4. The Labute approximate surface area is 198 Å². The van der Waals surface area contributed by atoms with Crippen LogP contribution < -0.4 is 0 Å². The van der Waals surface area contributed by atoms with E-state index >= 15 is 0 Å². The molecule has 4 aromatic rings. The zero-order valence-corrected chi connectivity index (χ0v) is 19.6. The first kappa shape index (κ1) is 23.4. The number of carbonyl (C=O) groups is 1. The van der Waals surface area contributed by atoms with Crippen molar-refractivity contribution in [3.05, 3.63) is 83.4 Å². The number of ether oxygens (including phenoxy) is 1. The molecule has 0 amide bonds. The molecule has 7 heteroatoms. The summed E-state index contributed by atoms with van der Waals surface area (Å²) in [7, 11) is 0. The summed E-state index contributed by atoms with van der Waals surface area (Å²) in [5.74, 6) is -0.282. The van der Waals surface area contributed by atoms with Gasteiger partial charge in [0.2, 0.25) is 0 Å². The van der Waals surface area contributed by atoms with Gasteiger partial charge >= 0.3 is 5.97 Å². The van der Waals surface area contributed by atoms with E-state index in [1.807, 2.05) is 69.3 Å². The molecule has 7 nitrogen and oxygen atoms in total. The van der Waals surface area contributed by atoms with Gasteiger partial charge in [-0.3, -0.25) is 4.79 Å². The lowest BCUT2D eigenvalue weighted by Crippen LogP contribution is -2.15. The van der Waals surface area contributed by atoms with Gasteiger partial charge in [0.1, 0.15) is 35.2 Å². The summed E-state index contributed by atoms with van der Waals surface area (Å²) in [6.45, 7) is 5.95. The Morgan fingerprint density at radius 3 is 2.24 bits per heavy atom. The van der Waals surface area contributed by atoms with Gasteiger partial charge in [-0.05, 0) is 41.2 Å². The third kappa shape index (κ3) is 5.26. The number of hydrogen-bond donors (Lipinski definition) is 2. The summed E-state index contributed by atoms with van der Waals surface area (Å²) >= 11 is 0. The van der Waals surface area contributed by atoms with Crippen LogP contribution in [0.5, 0.6) is 5.75 Å². The molecule has 2 N–H and O–H groups in total. The number of aromatic nitrogens is 3. The Hall–Kier alpha value is -3.71. The van der Waals surface area contributed by atoms with Crippen LogP contribution in [0, 0.1) is 0 Å². The van der Waals surface area contributed by atoms with Gasteiger partial charge in [-0.25, -0.2) is 0 Å². The highest BCUT2D eigenvalue weighted by molar-refractivity contribution is 5.74. The largest absolute Gasteiger partial charge is 0.505 e. The van der Waals surface area contributed by atoms with E-state index in [1.165, 1.54) is 4.80 Å².